The SMILES string of the molecule is CCOc1cc(/C=N/NC(=O)c2cc3cc(Br)ccc3o2)cc(Cl)c1OCc1cccc(C(=O)O)c1. The van der Waals surface area contributed by atoms with E-state index >= 15 is 0 Å². The molecule has 3 aromatic carbocycles. The van der Waals surface area contributed by atoms with E-state index in [4.69, 9.17) is 30.6 Å². The van der Waals surface area contributed by atoms with Crippen LogP contribution in [0.3, 0.4) is 0 Å². The number of carboxylic acid groups (broad SMARTS) is 1. The number of rotatable bonds is 9. The Balaban J connectivity index is 1.47. The summed E-state index contributed by atoms with van der Waals surface area (Å²) < 4.78 is 18.0. The van der Waals surface area contributed by atoms with Crippen LogP contribution in [-0.2, 0) is 6.61 Å². The highest BCUT2D eigenvalue weighted by Crippen LogP contribution is 2.37. The van der Waals surface area contributed by atoms with Crippen molar-refractivity contribution < 1.29 is 28.6 Å². The third-order valence-electron chi connectivity index (χ3n) is 4.97. The highest BCUT2D eigenvalue weighted by atomic mass is 79.9. The van der Waals surface area contributed by atoms with Crippen LogP contribution >= 0.6 is 27.5 Å². The molecule has 10 heteroatoms. The smallest absolute Gasteiger partial charge is 0.335 e. The molecule has 0 atom stereocenters. The van der Waals surface area contributed by atoms with Crippen LogP contribution in [0.4, 0.5) is 0 Å². The van der Waals surface area contributed by atoms with Crippen molar-refractivity contribution in [2.24, 2.45) is 5.10 Å². The van der Waals surface area contributed by atoms with Crippen molar-refractivity contribution in [1.29, 1.82) is 0 Å². The third-order valence-corrected chi connectivity index (χ3v) is 5.74. The fourth-order valence-electron chi connectivity index (χ4n) is 3.36. The molecule has 0 unspecified atom stereocenters. The summed E-state index contributed by atoms with van der Waals surface area (Å²) in [6.45, 7) is 2.28. The molecule has 0 aliphatic rings. The molecule has 0 aliphatic heterocycles. The lowest BCUT2D eigenvalue weighted by Crippen LogP contribution is -2.16. The van der Waals surface area contributed by atoms with E-state index in [1.165, 1.54) is 18.3 Å². The summed E-state index contributed by atoms with van der Waals surface area (Å²) in [6, 6.07) is 16.8. The van der Waals surface area contributed by atoms with Crippen molar-refractivity contribution in [3.8, 4) is 11.5 Å². The van der Waals surface area contributed by atoms with E-state index < -0.39 is 11.9 Å². The molecule has 4 rings (SSSR count). The molecule has 1 heterocycles. The molecule has 2 N–H and O–H groups in total. The van der Waals surface area contributed by atoms with E-state index in [2.05, 4.69) is 26.5 Å². The molecule has 0 saturated heterocycles. The Morgan fingerprint density at radius 3 is 2.75 bits per heavy atom. The van der Waals surface area contributed by atoms with E-state index in [1.807, 2.05) is 19.1 Å². The summed E-state index contributed by atoms with van der Waals surface area (Å²) in [6.07, 6.45) is 1.42. The average molecular weight is 572 g/mol. The molecule has 0 spiro atoms. The van der Waals surface area contributed by atoms with Gasteiger partial charge in [0.1, 0.15) is 12.2 Å². The first kappa shape index (κ1) is 25.3. The number of aromatic carboxylic acids is 1. The van der Waals surface area contributed by atoms with Gasteiger partial charge >= 0.3 is 11.9 Å². The van der Waals surface area contributed by atoms with E-state index in [1.54, 1.807) is 36.4 Å². The largest absolute Gasteiger partial charge is 0.490 e. The molecule has 4 aromatic rings. The molecule has 0 radical (unpaired) electrons. The molecule has 184 valence electrons. The van der Waals surface area contributed by atoms with Gasteiger partial charge in [0.15, 0.2) is 17.3 Å². The van der Waals surface area contributed by atoms with Gasteiger partial charge in [0.2, 0.25) is 0 Å². The molecular weight excluding hydrogens is 552 g/mol. The normalized spacial score (nSPS) is 11.1. The van der Waals surface area contributed by atoms with E-state index in [9.17, 15) is 9.59 Å². The molecule has 1 amide bonds. The molecular formula is C26H20BrClN2O6. The van der Waals surface area contributed by atoms with Gasteiger partial charge in [-0.3, -0.25) is 4.79 Å². The van der Waals surface area contributed by atoms with Crippen LogP contribution in [0.1, 0.15) is 39.0 Å². The van der Waals surface area contributed by atoms with Gasteiger partial charge in [-0.2, -0.15) is 5.10 Å². The quantitative estimate of drug-likeness (QED) is 0.180. The van der Waals surface area contributed by atoms with Gasteiger partial charge in [-0.05, 0) is 66.6 Å². The fourth-order valence-corrected chi connectivity index (χ4v) is 4.01. The van der Waals surface area contributed by atoms with Crippen molar-refractivity contribution in [1.82, 2.24) is 5.43 Å². The minimum Gasteiger partial charge on any atom is -0.490 e. The number of nitrogens with zero attached hydrogens (tertiary/aromatic N) is 1. The first-order chi connectivity index (χ1) is 17.3. The zero-order valence-corrected chi connectivity index (χ0v) is 21.3. The van der Waals surface area contributed by atoms with Crippen LogP contribution in [0.15, 0.2) is 74.7 Å². The Morgan fingerprint density at radius 1 is 1.14 bits per heavy atom. The number of hydrogen-bond donors (Lipinski definition) is 2. The van der Waals surface area contributed by atoms with E-state index in [0.29, 0.717) is 34.8 Å². The van der Waals surface area contributed by atoms with Gasteiger partial charge in [-0.15, -0.1) is 0 Å². The number of halogens is 2. The maximum absolute atomic E-state index is 12.4. The number of hydrogen-bond acceptors (Lipinski definition) is 6. The number of hydrazone groups is 1. The van der Waals surface area contributed by atoms with E-state index in [0.717, 1.165) is 9.86 Å². The second-order valence-corrected chi connectivity index (χ2v) is 8.87. The molecule has 36 heavy (non-hydrogen) atoms. The zero-order valence-electron chi connectivity index (χ0n) is 19.0. The molecule has 0 bridgehead atoms. The van der Waals surface area contributed by atoms with Gasteiger partial charge in [-0.25, -0.2) is 10.2 Å². The summed E-state index contributed by atoms with van der Waals surface area (Å²) in [5.41, 5.74) is 4.42. The standard InChI is InChI=1S/C26H20BrClN2O6/c1-2-34-22-10-16(9-20(28)24(22)35-14-15-4-3-5-17(8-15)26(32)33)13-29-30-25(31)23-12-18-11-19(27)6-7-21(18)36-23/h3-13H,2,14H2,1H3,(H,30,31)(H,32,33)/b29-13+. The molecule has 8 nitrogen and oxygen atoms in total. The lowest BCUT2D eigenvalue weighted by Gasteiger charge is -2.14. The van der Waals surface area contributed by atoms with Crippen LogP contribution in [-0.4, -0.2) is 29.8 Å². The maximum atomic E-state index is 12.4. The van der Waals surface area contributed by atoms with Crippen LogP contribution in [0.25, 0.3) is 11.0 Å². The lowest BCUT2D eigenvalue weighted by atomic mass is 10.1. The topological polar surface area (TPSA) is 110 Å². The van der Waals surface area contributed by atoms with Gasteiger partial charge in [-0.1, -0.05) is 39.7 Å². The number of amides is 1. The first-order valence-corrected chi connectivity index (χ1v) is 11.9. The summed E-state index contributed by atoms with van der Waals surface area (Å²) in [7, 11) is 0. The van der Waals surface area contributed by atoms with Crippen LogP contribution < -0.4 is 14.9 Å². The molecule has 1 aromatic heterocycles. The van der Waals surface area contributed by atoms with Gasteiger partial charge in [0, 0.05) is 9.86 Å². The van der Waals surface area contributed by atoms with Crippen molar-refractivity contribution in [3.05, 3.63) is 92.6 Å². The Morgan fingerprint density at radius 2 is 1.97 bits per heavy atom. The van der Waals surface area contributed by atoms with Gasteiger partial charge < -0.3 is 19.0 Å². The second-order valence-electron chi connectivity index (χ2n) is 7.55. The molecule has 0 fully saturated rings. The Labute approximate surface area is 219 Å². The number of fused-ring (bicyclic) bond motifs is 1. The monoisotopic (exact) mass is 570 g/mol. The van der Waals surface area contributed by atoms with Crippen molar-refractivity contribution >= 4 is 56.6 Å². The predicted octanol–water partition coefficient (Wildman–Crippen LogP) is 6.29. The third kappa shape index (κ3) is 6.05. The predicted molar refractivity (Wildman–Crippen MR) is 139 cm³/mol. The Kier molecular flexibility index (Phi) is 7.92. The molecule has 0 aliphatic carbocycles. The van der Waals surface area contributed by atoms with E-state index in [-0.39, 0.29) is 23.0 Å². The minimum atomic E-state index is -1.02. The summed E-state index contributed by atoms with van der Waals surface area (Å²) in [4.78, 5) is 23.6. The Hall–Kier alpha value is -3.82. The number of carbonyl (C=O) groups is 2. The number of nitrogens with one attached hydrogen (secondary N) is 1. The van der Waals surface area contributed by atoms with Crippen molar-refractivity contribution in [3.63, 3.8) is 0 Å². The minimum absolute atomic E-state index is 0.0957. The molecule has 0 saturated carbocycles. The summed E-state index contributed by atoms with van der Waals surface area (Å²) in [5.74, 6) is -0.694. The number of ether oxygens (including phenoxy) is 2. The fraction of sp³-hybridized carbons (Fsp3) is 0.115. The van der Waals surface area contributed by atoms with Crippen LogP contribution in [0.5, 0.6) is 11.5 Å². The van der Waals surface area contributed by atoms with Gasteiger partial charge in [0.05, 0.1) is 23.4 Å². The highest BCUT2D eigenvalue weighted by Gasteiger charge is 2.14. The number of benzene rings is 3. The number of carbonyl (C=O) groups excluding carboxylic acids is 1. The second kappa shape index (κ2) is 11.3. The zero-order chi connectivity index (χ0) is 25.7. The number of furan rings is 1. The highest BCUT2D eigenvalue weighted by molar-refractivity contribution is 9.10. The first-order valence-electron chi connectivity index (χ1n) is 10.8. The van der Waals surface area contributed by atoms with Crippen LogP contribution in [0.2, 0.25) is 5.02 Å². The van der Waals surface area contributed by atoms with Crippen LogP contribution in [0, 0.1) is 0 Å². The average Bonchev–Trinajstić information content (AvgIpc) is 3.27. The summed E-state index contributed by atoms with van der Waals surface area (Å²) in [5, 5.41) is 14.2. The van der Waals surface area contributed by atoms with Gasteiger partial charge in [0.25, 0.3) is 0 Å². The summed E-state index contributed by atoms with van der Waals surface area (Å²) >= 11 is 9.83. The number of carboxylic acids is 1. The van der Waals surface area contributed by atoms with Crippen molar-refractivity contribution in [2.45, 2.75) is 13.5 Å². The maximum Gasteiger partial charge on any atom is 0.335 e. The van der Waals surface area contributed by atoms with Crippen molar-refractivity contribution in [2.75, 3.05) is 6.61 Å². The lowest BCUT2D eigenvalue weighted by molar-refractivity contribution is 0.0696. The Bertz CT molecular complexity index is 1470.